The average molecular weight is 451 g/mol. The van der Waals surface area contributed by atoms with E-state index in [9.17, 15) is 14.4 Å². The molecule has 0 fully saturated rings. The summed E-state index contributed by atoms with van der Waals surface area (Å²) in [6.07, 6.45) is 0. The van der Waals surface area contributed by atoms with Gasteiger partial charge in [0, 0.05) is 11.3 Å². The van der Waals surface area contributed by atoms with E-state index in [-0.39, 0.29) is 30.4 Å². The Morgan fingerprint density at radius 2 is 1.85 bits per heavy atom. The molecule has 9 nitrogen and oxygen atoms in total. The third-order valence-corrected chi connectivity index (χ3v) is 4.74. The first kappa shape index (κ1) is 23.5. The van der Waals surface area contributed by atoms with Crippen molar-refractivity contribution in [1.29, 1.82) is 0 Å². The summed E-state index contributed by atoms with van der Waals surface area (Å²) < 4.78 is 16.0. The lowest BCUT2D eigenvalue weighted by molar-refractivity contribution is -0.137. The number of anilines is 1. The number of amides is 1. The zero-order valence-electron chi connectivity index (χ0n) is 18.9. The molecule has 2 N–H and O–H groups in total. The van der Waals surface area contributed by atoms with Gasteiger partial charge < -0.3 is 24.8 Å². The minimum Gasteiger partial charge on any atom is -0.493 e. The van der Waals surface area contributed by atoms with Crippen molar-refractivity contribution in [3.63, 3.8) is 0 Å². The van der Waals surface area contributed by atoms with Crippen molar-refractivity contribution in [2.75, 3.05) is 25.6 Å². The molecule has 1 aliphatic heterocycles. The molecule has 1 aliphatic rings. The second-order valence-electron chi connectivity index (χ2n) is 7.08. The number of carbonyl (C=O) groups is 3. The lowest BCUT2D eigenvalue weighted by atomic mass is 10.1. The van der Waals surface area contributed by atoms with E-state index in [4.69, 9.17) is 14.2 Å². The number of benzene rings is 2. The molecule has 0 aromatic heterocycles. The van der Waals surface area contributed by atoms with Gasteiger partial charge in [0.05, 0.1) is 25.1 Å². The fourth-order valence-electron chi connectivity index (χ4n) is 3.16. The van der Waals surface area contributed by atoms with E-state index in [1.807, 2.05) is 12.1 Å². The zero-order chi connectivity index (χ0) is 24.0. The maximum absolute atomic E-state index is 12.7. The summed E-state index contributed by atoms with van der Waals surface area (Å²) in [4.78, 5) is 41.4. The predicted molar refractivity (Wildman–Crippen MR) is 123 cm³/mol. The van der Waals surface area contributed by atoms with Crippen LogP contribution in [0.5, 0.6) is 11.5 Å². The molecule has 0 spiro atoms. The summed E-state index contributed by atoms with van der Waals surface area (Å²) >= 11 is 0. The molecule has 0 bridgehead atoms. The van der Waals surface area contributed by atoms with Crippen LogP contribution in [0.4, 0.5) is 11.4 Å². The van der Waals surface area contributed by atoms with Gasteiger partial charge in [-0.25, -0.2) is 9.79 Å². The first-order valence-electron chi connectivity index (χ1n) is 10.3. The van der Waals surface area contributed by atoms with Crippen LogP contribution in [0, 0.1) is 0 Å². The number of allylic oxidation sites excluding steroid dienone is 1. The first-order chi connectivity index (χ1) is 15.8. The third-order valence-electron chi connectivity index (χ3n) is 4.74. The lowest BCUT2D eigenvalue weighted by Gasteiger charge is -2.14. The minimum atomic E-state index is -0.614. The van der Waals surface area contributed by atoms with Gasteiger partial charge in [-0.15, -0.1) is 0 Å². The highest BCUT2D eigenvalue weighted by molar-refractivity contribution is 6.24. The third kappa shape index (κ3) is 5.57. The number of rotatable bonds is 7. The Bertz CT molecular complexity index is 1150. The van der Waals surface area contributed by atoms with Crippen LogP contribution in [-0.2, 0) is 14.3 Å². The quantitative estimate of drug-likeness (QED) is 0.490. The Hall–Kier alpha value is -4.14. The molecule has 1 amide bonds. The van der Waals surface area contributed by atoms with Gasteiger partial charge in [0.15, 0.2) is 23.9 Å². The van der Waals surface area contributed by atoms with E-state index in [2.05, 4.69) is 15.6 Å². The largest absolute Gasteiger partial charge is 0.493 e. The molecule has 0 atom stereocenters. The van der Waals surface area contributed by atoms with Crippen LogP contribution in [-0.4, -0.2) is 43.8 Å². The standard InChI is InChI=1S/C24H25N3O6/c1-5-32-24(30)22-14(2)25-17-8-6-7-9-18(17)26-23(22)27-21(29)13-33-19-11-10-16(15(3)28)12-20(19)31-4/h6-12,25H,5,13H2,1-4H3,(H,26,27,29). The van der Waals surface area contributed by atoms with E-state index in [1.165, 1.54) is 14.0 Å². The van der Waals surface area contributed by atoms with Gasteiger partial charge in [-0.3, -0.25) is 9.59 Å². The molecule has 0 unspecified atom stereocenters. The van der Waals surface area contributed by atoms with Crippen LogP contribution in [0.2, 0.25) is 0 Å². The molecule has 1 heterocycles. The highest BCUT2D eigenvalue weighted by atomic mass is 16.5. The second-order valence-corrected chi connectivity index (χ2v) is 7.08. The van der Waals surface area contributed by atoms with Crippen molar-refractivity contribution in [1.82, 2.24) is 5.32 Å². The molecule has 2 aromatic carbocycles. The van der Waals surface area contributed by atoms with Gasteiger partial charge in [0.2, 0.25) is 0 Å². The molecule has 0 saturated carbocycles. The summed E-state index contributed by atoms with van der Waals surface area (Å²) in [5.74, 6) is -0.604. The van der Waals surface area contributed by atoms with E-state index in [1.54, 1.807) is 44.2 Å². The summed E-state index contributed by atoms with van der Waals surface area (Å²) in [5.41, 5.74) is 2.30. The molecule has 0 saturated heterocycles. The van der Waals surface area contributed by atoms with E-state index < -0.39 is 11.9 Å². The number of Topliss-reactive ketones (excluding diaryl/α,β-unsaturated/α-hetero) is 1. The molecule has 3 rings (SSSR count). The van der Waals surface area contributed by atoms with Crippen LogP contribution in [0.1, 0.15) is 31.1 Å². The molecule has 172 valence electrons. The van der Waals surface area contributed by atoms with Crippen molar-refractivity contribution in [3.05, 3.63) is 59.3 Å². The Morgan fingerprint density at radius 1 is 1.09 bits per heavy atom. The summed E-state index contributed by atoms with van der Waals surface area (Å²) in [6.45, 7) is 4.64. The van der Waals surface area contributed by atoms with Crippen molar-refractivity contribution in [2.24, 2.45) is 4.99 Å². The molecular weight excluding hydrogens is 426 g/mol. The number of para-hydroxylation sites is 2. The number of nitrogens with zero attached hydrogens (tertiary/aromatic N) is 1. The Kier molecular flexibility index (Phi) is 7.45. The Balaban J connectivity index is 1.83. The second kappa shape index (κ2) is 10.4. The fourth-order valence-corrected chi connectivity index (χ4v) is 3.16. The van der Waals surface area contributed by atoms with Crippen LogP contribution in [0.3, 0.4) is 0 Å². The van der Waals surface area contributed by atoms with E-state index in [0.717, 1.165) is 0 Å². The fraction of sp³-hybridized carbons (Fsp3) is 0.250. The summed E-state index contributed by atoms with van der Waals surface area (Å²) in [5, 5.41) is 5.79. The number of ether oxygens (including phenoxy) is 3. The number of hydrogen-bond donors (Lipinski definition) is 2. The van der Waals surface area contributed by atoms with Crippen LogP contribution < -0.4 is 20.1 Å². The maximum atomic E-state index is 12.7. The van der Waals surface area contributed by atoms with Crippen molar-refractivity contribution >= 4 is 34.9 Å². The smallest absolute Gasteiger partial charge is 0.343 e. The predicted octanol–water partition coefficient (Wildman–Crippen LogP) is 3.39. The number of methoxy groups -OCH3 is 1. The molecule has 9 heteroatoms. The van der Waals surface area contributed by atoms with Crippen molar-refractivity contribution < 1.29 is 28.6 Å². The maximum Gasteiger partial charge on any atom is 0.343 e. The first-order valence-corrected chi connectivity index (χ1v) is 10.3. The number of ketones is 1. The van der Waals surface area contributed by atoms with Crippen LogP contribution >= 0.6 is 0 Å². The molecule has 0 radical (unpaired) electrons. The number of hydrogen-bond acceptors (Lipinski definition) is 8. The lowest BCUT2D eigenvalue weighted by Crippen LogP contribution is -2.38. The van der Waals surface area contributed by atoms with Gasteiger partial charge in [-0.2, -0.15) is 0 Å². The number of nitrogens with one attached hydrogen (secondary N) is 2. The molecule has 33 heavy (non-hydrogen) atoms. The molecule has 0 aliphatic carbocycles. The van der Waals surface area contributed by atoms with Crippen molar-refractivity contribution in [3.8, 4) is 11.5 Å². The SMILES string of the molecule is CCOC(=O)C1=C(C)Nc2ccccc2N=C1NC(=O)COc1ccc(C(C)=O)cc1OC. The van der Waals surface area contributed by atoms with Crippen LogP contribution in [0.15, 0.2) is 58.7 Å². The molecular formula is C24H25N3O6. The van der Waals surface area contributed by atoms with Gasteiger partial charge in [-0.1, -0.05) is 12.1 Å². The van der Waals surface area contributed by atoms with Crippen molar-refractivity contribution in [2.45, 2.75) is 20.8 Å². The summed E-state index contributed by atoms with van der Waals surface area (Å²) in [7, 11) is 1.44. The van der Waals surface area contributed by atoms with Gasteiger partial charge in [-0.05, 0) is 51.1 Å². The highest BCUT2D eigenvalue weighted by Crippen LogP contribution is 2.30. The number of aliphatic imine (C=N–C) groups is 1. The monoisotopic (exact) mass is 451 g/mol. The molecule has 2 aromatic rings. The zero-order valence-corrected chi connectivity index (χ0v) is 18.9. The number of fused-ring (bicyclic) bond motifs is 1. The van der Waals surface area contributed by atoms with Crippen LogP contribution in [0.25, 0.3) is 0 Å². The van der Waals surface area contributed by atoms with E-state index in [0.29, 0.717) is 34.1 Å². The average Bonchev–Trinajstić information content (AvgIpc) is 2.92. The van der Waals surface area contributed by atoms with Gasteiger partial charge >= 0.3 is 5.97 Å². The van der Waals surface area contributed by atoms with Gasteiger partial charge in [0.1, 0.15) is 11.4 Å². The number of esters is 1. The Labute approximate surface area is 191 Å². The Morgan fingerprint density at radius 3 is 2.55 bits per heavy atom. The van der Waals surface area contributed by atoms with Gasteiger partial charge in [0.25, 0.3) is 5.91 Å². The minimum absolute atomic E-state index is 0.0518. The normalized spacial score (nSPS) is 12.5. The number of amidine groups is 1. The highest BCUT2D eigenvalue weighted by Gasteiger charge is 2.26. The number of carbonyl (C=O) groups excluding carboxylic acids is 3. The van der Waals surface area contributed by atoms with E-state index >= 15 is 0 Å². The summed E-state index contributed by atoms with van der Waals surface area (Å²) in [6, 6.07) is 11.9. The topological polar surface area (TPSA) is 115 Å².